The van der Waals surface area contributed by atoms with Crippen LogP contribution in [0.25, 0.3) is 0 Å². The highest BCUT2D eigenvalue weighted by molar-refractivity contribution is 5.96. The van der Waals surface area contributed by atoms with E-state index in [9.17, 15) is 9.59 Å². The molecular formula is C10H14N4O3. The van der Waals surface area contributed by atoms with Crippen molar-refractivity contribution < 1.29 is 14.7 Å². The Morgan fingerprint density at radius 1 is 1.24 bits per heavy atom. The number of nitrogen functional groups attached to an aromatic ring is 2. The number of hydrogen-bond acceptors (Lipinski definition) is 5. The first kappa shape index (κ1) is 12.8. The number of carbonyl (C=O) groups is 2. The zero-order valence-electron chi connectivity index (χ0n) is 9.01. The lowest BCUT2D eigenvalue weighted by molar-refractivity contribution is -0.125. The molecular weight excluding hydrogens is 224 g/mol. The lowest BCUT2D eigenvalue weighted by Gasteiger charge is -2.09. The van der Waals surface area contributed by atoms with Crippen LogP contribution < -0.4 is 22.5 Å². The fraction of sp³-hybridized carbons (Fsp3) is 0.200. The Balaban J connectivity index is 2.67. The van der Waals surface area contributed by atoms with Crippen LogP contribution in [0.4, 0.5) is 11.4 Å². The first-order valence-corrected chi connectivity index (χ1v) is 4.82. The number of rotatable bonds is 4. The van der Waals surface area contributed by atoms with E-state index in [1.54, 1.807) is 0 Å². The van der Waals surface area contributed by atoms with Crippen molar-refractivity contribution in [3.63, 3.8) is 0 Å². The number of aliphatic hydroxyl groups is 1. The van der Waals surface area contributed by atoms with Crippen LogP contribution in [0.2, 0.25) is 0 Å². The summed E-state index contributed by atoms with van der Waals surface area (Å²) in [5.41, 5.74) is 16.8. The Bertz CT molecular complexity index is 427. The molecule has 92 valence electrons. The fourth-order valence-electron chi connectivity index (χ4n) is 1.20. The van der Waals surface area contributed by atoms with Gasteiger partial charge in [0.1, 0.15) is 6.10 Å². The maximum Gasteiger partial charge on any atom is 0.251 e. The molecule has 7 heteroatoms. The van der Waals surface area contributed by atoms with Crippen LogP contribution in [-0.4, -0.2) is 29.6 Å². The number of carbonyl (C=O) groups excluding carboxylic acids is 2. The number of aliphatic hydroxyl groups excluding tert-OH is 1. The Morgan fingerprint density at radius 2 is 1.76 bits per heavy atom. The van der Waals surface area contributed by atoms with E-state index in [-0.39, 0.29) is 12.1 Å². The molecule has 0 saturated heterocycles. The van der Waals surface area contributed by atoms with Gasteiger partial charge in [0.2, 0.25) is 5.91 Å². The lowest BCUT2D eigenvalue weighted by atomic mass is 10.1. The number of hydrogen-bond donors (Lipinski definition) is 5. The van der Waals surface area contributed by atoms with E-state index >= 15 is 0 Å². The van der Waals surface area contributed by atoms with Gasteiger partial charge in [0.25, 0.3) is 5.91 Å². The maximum absolute atomic E-state index is 11.6. The summed E-state index contributed by atoms with van der Waals surface area (Å²) in [6.07, 6.45) is -1.42. The van der Waals surface area contributed by atoms with Crippen molar-refractivity contribution in [2.75, 3.05) is 18.0 Å². The van der Waals surface area contributed by atoms with E-state index in [1.165, 1.54) is 18.2 Å². The molecule has 0 heterocycles. The number of nitrogens with two attached hydrogens (primary N) is 3. The smallest absolute Gasteiger partial charge is 0.251 e. The van der Waals surface area contributed by atoms with Crippen LogP contribution in [0.5, 0.6) is 0 Å². The SMILES string of the molecule is NC(=O)C(O)CNC(=O)c1cc(N)cc(N)c1. The minimum absolute atomic E-state index is 0.249. The zero-order chi connectivity index (χ0) is 13.0. The number of amides is 2. The molecule has 1 unspecified atom stereocenters. The fourth-order valence-corrected chi connectivity index (χ4v) is 1.20. The van der Waals surface area contributed by atoms with E-state index in [0.29, 0.717) is 11.4 Å². The maximum atomic E-state index is 11.6. The van der Waals surface area contributed by atoms with Gasteiger partial charge in [0, 0.05) is 16.9 Å². The minimum atomic E-state index is -1.42. The van der Waals surface area contributed by atoms with Crippen LogP contribution in [0.1, 0.15) is 10.4 Å². The minimum Gasteiger partial charge on any atom is -0.399 e. The molecule has 0 fully saturated rings. The molecule has 0 aliphatic heterocycles. The summed E-state index contributed by atoms with van der Waals surface area (Å²) in [7, 11) is 0. The highest BCUT2D eigenvalue weighted by Gasteiger charge is 2.13. The van der Waals surface area contributed by atoms with Crippen LogP contribution in [0, 0.1) is 0 Å². The Hall–Kier alpha value is -2.28. The van der Waals surface area contributed by atoms with Crippen LogP contribution in [0.15, 0.2) is 18.2 Å². The number of benzene rings is 1. The molecule has 0 aliphatic rings. The second-order valence-electron chi connectivity index (χ2n) is 3.52. The van der Waals surface area contributed by atoms with Gasteiger partial charge in [-0.3, -0.25) is 9.59 Å². The molecule has 0 radical (unpaired) electrons. The van der Waals surface area contributed by atoms with Crippen molar-refractivity contribution in [3.05, 3.63) is 23.8 Å². The normalized spacial score (nSPS) is 11.8. The number of anilines is 2. The third-order valence-corrected chi connectivity index (χ3v) is 2.02. The first-order chi connectivity index (χ1) is 7.90. The molecule has 0 spiro atoms. The van der Waals surface area contributed by atoms with Gasteiger partial charge in [-0.1, -0.05) is 0 Å². The molecule has 2 amide bonds. The van der Waals surface area contributed by atoms with Gasteiger partial charge >= 0.3 is 0 Å². The summed E-state index contributed by atoms with van der Waals surface area (Å²) < 4.78 is 0. The monoisotopic (exact) mass is 238 g/mol. The summed E-state index contributed by atoms with van der Waals surface area (Å²) in [5.74, 6) is -1.40. The number of primary amides is 1. The molecule has 1 rings (SSSR count). The Morgan fingerprint density at radius 3 is 2.24 bits per heavy atom. The average molecular weight is 238 g/mol. The van der Waals surface area contributed by atoms with Crippen LogP contribution >= 0.6 is 0 Å². The van der Waals surface area contributed by atoms with E-state index in [2.05, 4.69) is 5.32 Å². The van der Waals surface area contributed by atoms with Crippen molar-refractivity contribution >= 4 is 23.2 Å². The molecule has 0 aliphatic carbocycles. The molecule has 0 aromatic heterocycles. The molecule has 1 atom stereocenters. The Kier molecular flexibility index (Phi) is 3.89. The van der Waals surface area contributed by atoms with E-state index in [0.717, 1.165) is 0 Å². The quantitative estimate of drug-likeness (QED) is 0.402. The van der Waals surface area contributed by atoms with E-state index < -0.39 is 17.9 Å². The first-order valence-electron chi connectivity index (χ1n) is 4.82. The predicted molar refractivity (Wildman–Crippen MR) is 62.8 cm³/mol. The molecule has 1 aromatic carbocycles. The second-order valence-corrected chi connectivity index (χ2v) is 3.52. The Labute approximate surface area is 97.6 Å². The molecule has 0 bridgehead atoms. The summed E-state index contributed by atoms with van der Waals surface area (Å²) in [6, 6.07) is 4.37. The highest BCUT2D eigenvalue weighted by atomic mass is 16.3. The molecule has 17 heavy (non-hydrogen) atoms. The van der Waals surface area contributed by atoms with Crippen molar-refractivity contribution in [1.82, 2.24) is 5.32 Å². The topological polar surface area (TPSA) is 144 Å². The predicted octanol–water partition coefficient (Wildman–Crippen LogP) is -1.57. The molecule has 8 N–H and O–H groups in total. The molecule has 0 saturated carbocycles. The van der Waals surface area contributed by atoms with Crippen LogP contribution in [0.3, 0.4) is 0 Å². The highest BCUT2D eigenvalue weighted by Crippen LogP contribution is 2.13. The summed E-state index contributed by atoms with van der Waals surface area (Å²) in [6.45, 7) is -0.261. The lowest BCUT2D eigenvalue weighted by Crippen LogP contribution is -2.40. The zero-order valence-corrected chi connectivity index (χ0v) is 9.01. The van der Waals surface area contributed by atoms with Crippen molar-refractivity contribution in [2.45, 2.75) is 6.10 Å². The van der Waals surface area contributed by atoms with Crippen LogP contribution in [-0.2, 0) is 4.79 Å². The van der Waals surface area contributed by atoms with Gasteiger partial charge in [-0.05, 0) is 18.2 Å². The molecule has 1 aromatic rings. The number of nitrogens with one attached hydrogen (secondary N) is 1. The van der Waals surface area contributed by atoms with Gasteiger partial charge in [0.05, 0.1) is 6.54 Å². The second kappa shape index (κ2) is 5.17. The standard InChI is InChI=1S/C10H14N4O3/c11-6-1-5(2-7(12)3-6)10(17)14-4-8(15)9(13)16/h1-3,8,15H,4,11-12H2,(H2,13,16)(H,14,17). The van der Waals surface area contributed by atoms with Crippen molar-refractivity contribution in [3.8, 4) is 0 Å². The summed E-state index contributed by atoms with van der Waals surface area (Å²) in [5, 5.41) is 11.4. The summed E-state index contributed by atoms with van der Waals surface area (Å²) in [4.78, 5) is 22.1. The third kappa shape index (κ3) is 3.65. The van der Waals surface area contributed by atoms with Crippen molar-refractivity contribution in [1.29, 1.82) is 0 Å². The van der Waals surface area contributed by atoms with Gasteiger partial charge in [-0.2, -0.15) is 0 Å². The van der Waals surface area contributed by atoms with Gasteiger partial charge in [0.15, 0.2) is 0 Å². The van der Waals surface area contributed by atoms with Gasteiger partial charge < -0.3 is 27.6 Å². The van der Waals surface area contributed by atoms with E-state index in [4.69, 9.17) is 22.3 Å². The van der Waals surface area contributed by atoms with Crippen molar-refractivity contribution in [2.24, 2.45) is 5.73 Å². The average Bonchev–Trinajstić information content (AvgIpc) is 2.23. The largest absolute Gasteiger partial charge is 0.399 e. The van der Waals surface area contributed by atoms with Gasteiger partial charge in [-0.25, -0.2) is 0 Å². The van der Waals surface area contributed by atoms with Gasteiger partial charge in [-0.15, -0.1) is 0 Å². The third-order valence-electron chi connectivity index (χ3n) is 2.02. The molecule has 7 nitrogen and oxygen atoms in total. The van der Waals surface area contributed by atoms with E-state index in [1.807, 2.05) is 0 Å². The summed E-state index contributed by atoms with van der Waals surface area (Å²) >= 11 is 0.